The van der Waals surface area contributed by atoms with Gasteiger partial charge in [0.05, 0.1) is 0 Å². The smallest absolute Gasteiger partial charge is 0.326 e. The fraction of sp³-hybridized carbons (Fsp3) is 0.846. The third-order valence-electron chi connectivity index (χ3n) is 3.73. The van der Waals surface area contributed by atoms with Crippen LogP contribution in [0.25, 0.3) is 0 Å². The first-order valence-electron chi connectivity index (χ1n) is 6.92. The van der Waals surface area contributed by atoms with Gasteiger partial charge in [0.1, 0.15) is 6.04 Å². The van der Waals surface area contributed by atoms with Crippen LogP contribution in [-0.2, 0) is 4.79 Å². The number of likely N-dealkylation sites (N-methyl/N-ethyl adjacent to an activating group) is 1. The number of hydrogen-bond acceptors (Lipinski definition) is 3. The van der Waals surface area contributed by atoms with Crippen LogP contribution in [0.2, 0.25) is 0 Å². The number of aliphatic carboxylic acids is 1. The third kappa shape index (κ3) is 5.06. The van der Waals surface area contributed by atoms with Crippen LogP contribution in [0.15, 0.2) is 0 Å². The molecule has 0 aromatic carbocycles. The Balaban J connectivity index is 2.46. The Morgan fingerprint density at radius 2 is 2.16 bits per heavy atom. The van der Waals surface area contributed by atoms with Crippen LogP contribution >= 0.6 is 0 Å². The normalized spacial score (nSPS) is 23.4. The second-order valence-electron chi connectivity index (χ2n) is 5.42. The summed E-state index contributed by atoms with van der Waals surface area (Å²) >= 11 is 0. The predicted octanol–water partition coefficient (Wildman–Crippen LogP) is 0.879. The van der Waals surface area contributed by atoms with Gasteiger partial charge >= 0.3 is 12.0 Å². The summed E-state index contributed by atoms with van der Waals surface area (Å²) in [6, 6.07) is -1.11. The Labute approximate surface area is 114 Å². The van der Waals surface area contributed by atoms with E-state index in [1.807, 2.05) is 20.9 Å². The summed E-state index contributed by atoms with van der Waals surface area (Å²) in [5, 5.41) is 14.5. The Kier molecular flexibility index (Phi) is 6.08. The van der Waals surface area contributed by atoms with Gasteiger partial charge in [-0.3, -0.25) is 0 Å². The molecule has 19 heavy (non-hydrogen) atoms. The highest BCUT2D eigenvalue weighted by Gasteiger charge is 2.26. The van der Waals surface area contributed by atoms with Crippen molar-refractivity contribution in [3.63, 3.8) is 0 Å². The van der Waals surface area contributed by atoms with Crippen LogP contribution in [0.4, 0.5) is 4.79 Å². The average Bonchev–Trinajstić information content (AvgIpc) is 2.34. The summed E-state index contributed by atoms with van der Waals surface area (Å²) in [4.78, 5) is 25.1. The molecule has 1 aliphatic rings. The lowest BCUT2D eigenvalue weighted by Crippen LogP contribution is -2.54. The third-order valence-corrected chi connectivity index (χ3v) is 3.73. The second kappa shape index (κ2) is 7.33. The first kappa shape index (κ1) is 15.8. The molecule has 0 saturated carbocycles. The van der Waals surface area contributed by atoms with E-state index < -0.39 is 12.0 Å². The minimum Gasteiger partial charge on any atom is -0.480 e. The molecule has 6 heteroatoms. The van der Waals surface area contributed by atoms with Gasteiger partial charge in [-0.2, -0.15) is 0 Å². The number of rotatable bonds is 5. The highest BCUT2D eigenvalue weighted by molar-refractivity contribution is 5.82. The fourth-order valence-electron chi connectivity index (χ4n) is 2.34. The fourth-order valence-corrected chi connectivity index (χ4v) is 2.34. The molecule has 0 aromatic rings. The molecule has 0 spiro atoms. The average molecular weight is 271 g/mol. The van der Waals surface area contributed by atoms with Crippen molar-refractivity contribution < 1.29 is 14.7 Å². The van der Waals surface area contributed by atoms with Gasteiger partial charge in [-0.15, -0.1) is 0 Å². The summed E-state index contributed by atoms with van der Waals surface area (Å²) in [5.41, 5.74) is 0. The molecule has 0 bridgehead atoms. The zero-order chi connectivity index (χ0) is 14.4. The molecule has 0 radical (unpaired) electrons. The zero-order valence-electron chi connectivity index (χ0n) is 12.0. The standard InChI is InChI=1S/C13H25N3O3/c1-4-9(2)11(12(17)18)15-13(19)14-10-6-5-7-16(3)8-10/h9-11H,4-8H2,1-3H3,(H,17,18)(H2,14,15,19)/t9?,10?,11-/m0/s1. The maximum atomic E-state index is 11.8. The second-order valence-corrected chi connectivity index (χ2v) is 5.42. The Morgan fingerprint density at radius 3 is 2.68 bits per heavy atom. The number of nitrogens with zero attached hydrogens (tertiary/aromatic N) is 1. The van der Waals surface area contributed by atoms with E-state index in [1.165, 1.54) is 0 Å². The largest absolute Gasteiger partial charge is 0.480 e. The van der Waals surface area contributed by atoms with E-state index >= 15 is 0 Å². The zero-order valence-corrected chi connectivity index (χ0v) is 12.0. The summed E-state index contributed by atoms with van der Waals surface area (Å²) in [5.74, 6) is -1.07. The van der Waals surface area contributed by atoms with Crippen LogP contribution < -0.4 is 10.6 Å². The maximum Gasteiger partial charge on any atom is 0.326 e. The van der Waals surface area contributed by atoms with Crippen molar-refractivity contribution in [3.8, 4) is 0 Å². The monoisotopic (exact) mass is 271 g/mol. The van der Waals surface area contributed by atoms with Crippen LogP contribution in [0.1, 0.15) is 33.1 Å². The van der Waals surface area contributed by atoms with Crippen molar-refractivity contribution in [1.29, 1.82) is 0 Å². The highest BCUT2D eigenvalue weighted by atomic mass is 16.4. The summed E-state index contributed by atoms with van der Waals surface area (Å²) in [7, 11) is 2.02. The van der Waals surface area contributed by atoms with E-state index in [0.717, 1.165) is 25.9 Å². The van der Waals surface area contributed by atoms with Crippen LogP contribution in [0.3, 0.4) is 0 Å². The molecular weight excluding hydrogens is 246 g/mol. The molecule has 3 N–H and O–H groups in total. The molecule has 2 amide bonds. The molecule has 1 heterocycles. The van der Waals surface area contributed by atoms with Gasteiger partial charge in [0.15, 0.2) is 0 Å². The Bertz CT molecular complexity index is 322. The minimum atomic E-state index is -0.981. The molecule has 0 aromatic heterocycles. The predicted molar refractivity (Wildman–Crippen MR) is 73.1 cm³/mol. The molecule has 110 valence electrons. The van der Waals surface area contributed by atoms with E-state index in [2.05, 4.69) is 15.5 Å². The van der Waals surface area contributed by atoms with E-state index in [9.17, 15) is 9.59 Å². The number of amides is 2. The topological polar surface area (TPSA) is 81.7 Å². The lowest BCUT2D eigenvalue weighted by Gasteiger charge is -2.31. The van der Waals surface area contributed by atoms with Gasteiger partial charge < -0.3 is 20.6 Å². The van der Waals surface area contributed by atoms with E-state index in [0.29, 0.717) is 6.42 Å². The van der Waals surface area contributed by atoms with Crippen molar-refractivity contribution in [1.82, 2.24) is 15.5 Å². The van der Waals surface area contributed by atoms with Gasteiger partial charge in [-0.1, -0.05) is 20.3 Å². The van der Waals surface area contributed by atoms with Crippen molar-refractivity contribution in [2.75, 3.05) is 20.1 Å². The van der Waals surface area contributed by atoms with Crippen molar-refractivity contribution >= 4 is 12.0 Å². The highest BCUT2D eigenvalue weighted by Crippen LogP contribution is 2.09. The minimum absolute atomic E-state index is 0.0859. The number of carbonyl (C=O) groups excluding carboxylic acids is 1. The van der Waals surface area contributed by atoms with Crippen LogP contribution in [-0.4, -0.2) is 54.2 Å². The molecule has 3 atom stereocenters. The van der Waals surface area contributed by atoms with Gasteiger partial charge in [0, 0.05) is 12.6 Å². The number of carboxylic acids is 1. The lowest BCUT2D eigenvalue weighted by atomic mass is 9.99. The first-order chi connectivity index (χ1) is 8.93. The van der Waals surface area contributed by atoms with E-state index in [-0.39, 0.29) is 18.0 Å². The number of urea groups is 1. The molecule has 0 aliphatic carbocycles. The van der Waals surface area contributed by atoms with Crippen molar-refractivity contribution in [3.05, 3.63) is 0 Å². The number of piperidine rings is 1. The van der Waals surface area contributed by atoms with Gasteiger partial charge in [0.25, 0.3) is 0 Å². The summed E-state index contributed by atoms with van der Waals surface area (Å²) in [6.45, 7) is 5.60. The van der Waals surface area contributed by atoms with Gasteiger partial charge in [0.2, 0.25) is 0 Å². The number of likely N-dealkylation sites (tertiary alicyclic amines) is 1. The summed E-state index contributed by atoms with van der Waals surface area (Å²) < 4.78 is 0. The molecular formula is C13H25N3O3. The number of hydrogen-bond donors (Lipinski definition) is 3. The number of carbonyl (C=O) groups is 2. The van der Waals surface area contributed by atoms with Gasteiger partial charge in [-0.25, -0.2) is 9.59 Å². The molecule has 1 fully saturated rings. The van der Waals surface area contributed by atoms with Crippen molar-refractivity contribution in [2.24, 2.45) is 5.92 Å². The molecule has 2 unspecified atom stereocenters. The van der Waals surface area contributed by atoms with E-state index in [1.54, 1.807) is 0 Å². The van der Waals surface area contributed by atoms with Crippen LogP contribution in [0.5, 0.6) is 0 Å². The number of nitrogens with one attached hydrogen (secondary N) is 2. The van der Waals surface area contributed by atoms with Crippen LogP contribution in [0, 0.1) is 5.92 Å². The quantitative estimate of drug-likeness (QED) is 0.693. The van der Waals surface area contributed by atoms with Crippen molar-refractivity contribution in [2.45, 2.75) is 45.2 Å². The Hall–Kier alpha value is -1.30. The number of carboxylic acid groups (broad SMARTS) is 1. The maximum absolute atomic E-state index is 11.8. The molecule has 1 saturated heterocycles. The molecule has 1 rings (SSSR count). The Morgan fingerprint density at radius 1 is 1.47 bits per heavy atom. The lowest BCUT2D eigenvalue weighted by molar-refractivity contribution is -0.140. The molecule has 1 aliphatic heterocycles. The molecule has 6 nitrogen and oxygen atoms in total. The summed E-state index contributed by atoms with van der Waals surface area (Å²) in [6.07, 6.45) is 2.71. The first-order valence-corrected chi connectivity index (χ1v) is 6.92. The van der Waals surface area contributed by atoms with E-state index in [4.69, 9.17) is 5.11 Å². The van der Waals surface area contributed by atoms with Gasteiger partial charge in [-0.05, 0) is 32.4 Å². The SMILES string of the molecule is CCC(C)[C@H](NC(=O)NC1CCCN(C)C1)C(=O)O.